The van der Waals surface area contributed by atoms with Gasteiger partial charge in [0.25, 0.3) is 0 Å². The second-order valence-corrected chi connectivity index (χ2v) is 3.25. The predicted octanol–water partition coefficient (Wildman–Crippen LogP) is 0.433. The van der Waals surface area contributed by atoms with Crippen molar-refractivity contribution in [2.45, 2.75) is 31.0 Å². The molecule has 6 heteroatoms. The average Bonchev–Trinajstić information content (AvgIpc) is 2.55. The lowest BCUT2D eigenvalue weighted by Gasteiger charge is -2.18. The number of alkyl halides is 1. The van der Waals surface area contributed by atoms with Crippen LogP contribution in [0, 0.1) is 0 Å². The van der Waals surface area contributed by atoms with Gasteiger partial charge in [-0.15, -0.1) is 0 Å². The number of hydrogen-bond acceptors (Lipinski definition) is 3. The van der Waals surface area contributed by atoms with Crippen molar-refractivity contribution in [2.24, 2.45) is 0 Å². The Morgan fingerprint density at radius 3 is 2.36 bits per heavy atom. The van der Waals surface area contributed by atoms with Crippen molar-refractivity contribution in [3.05, 3.63) is 0 Å². The second-order valence-electron chi connectivity index (χ2n) is 3.25. The summed E-state index contributed by atoms with van der Waals surface area (Å²) < 4.78 is 18.4. The van der Waals surface area contributed by atoms with Gasteiger partial charge >= 0.3 is 17.6 Å². The molecule has 0 saturated carbocycles. The first-order valence-corrected chi connectivity index (χ1v) is 4.24. The third-order valence-corrected chi connectivity index (χ3v) is 2.21. The van der Waals surface area contributed by atoms with Crippen molar-refractivity contribution < 1.29 is 28.9 Å². The number of hydrogen-bond donors (Lipinski definition) is 2. The van der Waals surface area contributed by atoms with Crippen LogP contribution in [0.15, 0.2) is 0 Å². The fraction of sp³-hybridized carbons (Fsp3) is 0.750. The molecule has 1 fully saturated rings. The number of rotatable bonds is 4. The van der Waals surface area contributed by atoms with Gasteiger partial charge in [0.05, 0.1) is 6.10 Å². The summed E-state index contributed by atoms with van der Waals surface area (Å²) in [5, 5.41) is 16.9. The van der Waals surface area contributed by atoms with Crippen LogP contribution < -0.4 is 0 Å². The first kappa shape index (κ1) is 10.9. The molecule has 0 aromatic rings. The molecule has 14 heavy (non-hydrogen) atoms. The highest BCUT2D eigenvalue weighted by Crippen LogP contribution is 2.26. The minimum Gasteiger partial charge on any atom is -0.478 e. The summed E-state index contributed by atoms with van der Waals surface area (Å²) in [6.07, 6.45) is -0.0173. The fourth-order valence-electron chi connectivity index (χ4n) is 1.39. The van der Waals surface area contributed by atoms with E-state index < -0.39 is 30.1 Å². The van der Waals surface area contributed by atoms with Crippen molar-refractivity contribution in [1.82, 2.24) is 0 Å². The molecule has 1 atom stereocenters. The highest BCUT2D eigenvalue weighted by molar-refractivity contribution is 6.01. The van der Waals surface area contributed by atoms with E-state index in [2.05, 4.69) is 0 Å². The summed E-state index contributed by atoms with van der Waals surface area (Å²) in [4.78, 5) is 20.9. The van der Waals surface area contributed by atoms with E-state index in [4.69, 9.17) is 14.9 Å². The third-order valence-electron chi connectivity index (χ3n) is 2.21. The highest BCUT2D eigenvalue weighted by atomic mass is 19.1. The zero-order chi connectivity index (χ0) is 10.8. The number of carboxylic acid groups (broad SMARTS) is 2. The molecular weight excluding hydrogens is 195 g/mol. The largest absolute Gasteiger partial charge is 0.478 e. The lowest BCUT2D eigenvalue weighted by molar-refractivity contribution is -0.169. The van der Waals surface area contributed by atoms with Crippen molar-refractivity contribution in [2.75, 3.05) is 6.61 Å². The van der Waals surface area contributed by atoms with Crippen LogP contribution in [0.2, 0.25) is 0 Å². The zero-order valence-corrected chi connectivity index (χ0v) is 7.40. The van der Waals surface area contributed by atoms with E-state index in [-0.39, 0.29) is 0 Å². The van der Waals surface area contributed by atoms with Gasteiger partial charge in [-0.05, 0) is 12.8 Å². The topological polar surface area (TPSA) is 83.8 Å². The fourth-order valence-corrected chi connectivity index (χ4v) is 1.39. The number of carbonyl (C=O) groups is 2. The molecule has 0 unspecified atom stereocenters. The van der Waals surface area contributed by atoms with Crippen LogP contribution in [0.1, 0.15) is 19.3 Å². The molecule has 0 bridgehead atoms. The molecular formula is C8H11FO5. The minimum atomic E-state index is -3.23. The van der Waals surface area contributed by atoms with Gasteiger partial charge in [0.15, 0.2) is 0 Å². The van der Waals surface area contributed by atoms with Crippen LogP contribution >= 0.6 is 0 Å². The minimum absolute atomic E-state index is 0.431. The smallest absolute Gasteiger partial charge is 0.353 e. The SMILES string of the molecule is O=C(O)C(F)(C[C@H]1CCCO1)C(=O)O. The summed E-state index contributed by atoms with van der Waals surface area (Å²) in [5.74, 6) is -3.94. The van der Waals surface area contributed by atoms with Crippen LogP contribution in [0.25, 0.3) is 0 Å². The van der Waals surface area contributed by atoms with Gasteiger partial charge in [0.2, 0.25) is 0 Å². The summed E-state index contributed by atoms with van der Waals surface area (Å²) in [6.45, 7) is 0.431. The van der Waals surface area contributed by atoms with E-state index in [0.29, 0.717) is 19.4 Å². The molecule has 0 aromatic heterocycles. The number of ether oxygens (including phenoxy) is 1. The Hall–Kier alpha value is -1.17. The van der Waals surface area contributed by atoms with Gasteiger partial charge in [-0.25, -0.2) is 14.0 Å². The number of halogens is 1. The van der Waals surface area contributed by atoms with Crippen LogP contribution in [0.5, 0.6) is 0 Å². The van der Waals surface area contributed by atoms with Crippen molar-refractivity contribution in [3.8, 4) is 0 Å². The molecule has 1 aliphatic rings. The molecule has 0 aromatic carbocycles. The number of carboxylic acids is 2. The molecule has 0 radical (unpaired) electrons. The number of aliphatic carboxylic acids is 2. The highest BCUT2D eigenvalue weighted by Gasteiger charge is 2.49. The maximum absolute atomic E-state index is 13.4. The monoisotopic (exact) mass is 206 g/mol. The van der Waals surface area contributed by atoms with Gasteiger partial charge in [-0.2, -0.15) is 0 Å². The third kappa shape index (κ3) is 2.01. The molecule has 1 rings (SSSR count). The molecule has 0 aliphatic carbocycles. The maximum atomic E-state index is 13.4. The van der Waals surface area contributed by atoms with Gasteiger partial charge in [-0.3, -0.25) is 0 Å². The Morgan fingerprint density at radius 1 is 1.43 bits per heavy atom. The predicted molar refractivity (Wildman–Crippen MR) is 42.7 cm³/mol. The first-order chi connectivity index (χ1) is 6.47. The Morgan fingerprint density at radius 2 is 2.00 bits per heavy atom. The zero-order valence-electron chi connectivity index (χ0n) is 7.40. The quantitative estimate of drug-likeness (QED) is 0.652. The van der Waals surface area contributed by atoms with Gasteiger partial charge in [0, 0.05) is 13.0 Å². The molecule has 80 valence electrons. The van der Waals surface area contributed by atoms with E-state index >= 15 is 0 Å². The van der Waals surface area contributed by atoms with E-state index in [0.717, 1.165) is 0 Å². The van der Waals surface area contributed by atoms with Crippen LogP contribution in [-0.4, -0.2) is 40.5 Å². The lowest BCUT2D eigenvalue weighted by atomic mass is 9.97. The maximum Gasteiger partial charge on any atom is 0.353 e. The van der Waals surface area contributed by atoms with Gasteiger partial charge in [-0.1, -0.05) is 0 Å². The van der Waals surface area contributed by atoms with Crippen molar-refractivity contribution >= 4 is 11.9 Å². The van der Waals surface area contributed by atoms with Crippen LogP contribution in [0.3, 0.4) is 0 Å². The van der Waals surface area contributed by atoms with Gasteiger partial charge < -0.3 is 14.9 Å². The molecule has 0 amide bonds. The Kier molecular flexibility index (Phi) is 3.05. The molecule has 1 aliphatic heterocycles. The normalized spacial score (nSPS) is 22.2. The summed E-state index contributed by atoms with van der Waals surface area (Å²) >= 11 is 0. The van der Waals surface area contributed by atoms with E-state index in [1.807, 2.05) is 0 Å². The summed E-state index contributed by atoms with van der Waals surface area (Å²) in [6, 6.07) is 0. The second kappa shape index (κ2) is 3.91. The molecule has 1 saturated heterocycles. The lowest BCUT2D eigenvalue weighted by Crippen LogP contribution is -2.44. The Balaban J connectivity index is 2.68. The summed E-state index contributed by atoms with van der Waals surface area (Å²) in [7, 11) is 0. The first-order valence-electron chi connectivity index (χ1n) is 4.24. The standard InChI is InChI=1S/C8H11FO5/c9-8(6(10)11,7(12)13)4-5-2-1-3-14-5/h5H,1-4H2,(H,10,11)(H,12,13)/t5-/m1/s1. The van der Waals surface area contributed by atoms with Gasteiger partial charge in [0.1, 0.15) is 0 Å². The Labute approximate surface area is 79.5 Å². The average molecular weight is 206 g/mol. The Bertz CT molecular complexity index is 232. The van der Waals surface area contributed by atoms with Crippen molar-refractivity contribution in [3.63, 3.8) is 0 Å². The molecule has 0 spiro atoms. The van der Waals surface area contributed by atoms with Crippen LogP contribution in [0.4, 0.5) is 4.39 Å². The van der Waals surface area contributed by atoms with Crippen LogP contribution in [-0.2, 0) is 14.3 Å². The summed E-state index contributed by atoms with van der Waals surface area (Å²) in [5.41, 5.74) is -3.23. The molecule has 2 N–H and O–H groups in total. The van der Waals surface area contributed by atoms with Crippen molar-refractivity contribution in [1.29, 1.82) is 0 Å². The molecule has 5 nitrogen and oxygen atoms in total. The van der Waals surface area contributed by atoms with E-state index in [1.54, 1.807) is 0 Å². The molecule has 1 heterocycles. The van der Waals surface area contributed by atoms with E-state index in [1.165, 1.54) is 0 Å². The van der Waals surface area contributed by atoms with E-state index in [9.17, 15) is 14.0 Å².